The molecule has 0 bridgehead atoms. The van der Waals surface area contributed by atoms with Gasteiger partial charge >= 0.3 is 0 Å². The zero-order valence-corrected chi connectivity index (χ0v) is 14.5. The van der Waals surface area contributed by atoms with Gasteiger partial charge < -0.3 is 5.32 Å². The van der Waals surface area contributed by atoms with E-state index in [1.54, 1.807) is 0 Å². The van der Waals surface area contributed by atoms with E-state index in [4.69, 9.17) is 0 Å². The third kappa shape index (κ3) is 7.01. The molecule has 0 aromatic heterocycles. The Balaban J connectivity index is 4.29. The molecule has 0 rings (SSSR count). The molecule has 3 atom stereocenters. The molecule has 0 aliphatic carbocycles. The van der Waals surface area contributed by atoms with Crippen molar-refractivity contribution in [3.05, 3.63) is 0 Å². The fourth-order valence-corrected chi connectivity index (χ4v) is 2.94. The monoisotopic (exact) mass is 274 g/mol. The fourth-order valence-electron chi connectivity index (χ4n) is 2.09. The van der Waals surface area contributed by atoms with E-state index in [-0.39, 0.29) is 5.54 Å². The molecule has 0 saturated carbocycles. The van der Waals surface area contributed by atoms with Crippen LogP contribution in [0.3, 0.4) is 0 Å². The molecule has 0 aliphatic rings. The van der Waals surface area contributed by atoms with Crippen LogP contribution in [-0.4, -0.2) is 48.1 Å². The molecule has 0 aromatic rings. The van der Waals surface area contributed by atoms with Crippen LogP contribution in [0.2, 0.25) is 0 Å². The maximum absolute atomic E-state index is 3.61. The summed E-state index contributed by atoms with van der Waals surface area (Å²) in [4.78, 5) is 2.56. The van der Waals surface area contributed by atoms with E-state index < -0.39 is 0 Å². The fraction of sp³-hybridized carbons (Fsp3) is 1.00. The van der Waals surface area contributed by atoms with Gasteiger partial charge in [-0.2, -0.15) is 11.8 Å². The average Bonchev–Trinajstić information content (AvgIpc) is 2.30. The summed E-state index contributed by atoms with van der Waals surface area (Å²) in [7, 11) is 2.28. The van der Waals surface area contributed by atoms with Gasteiger partial charge in [0, 0.05) is 23.4 Å². The average molecular weight is 275 g/mol. The Hall–Kier alpha value is 0.270. The quantitative estimate of drug-likeness (QED) is 0.729. The lowest BCUT2D eigenvalue weighted by Gasteiger charge is -2.37. The third-order valence-corrected chi connectivity index (χ3v) is 4.54. The van der Waals surface area contributed by atoms with Crippen LogP contribution >= 0.6 is 11.8 Å². The second-order valence-electron chi connectivity index (χ2n) is 6.53. The minimum absolute atomic E-state index is 0.218. The molecule has 0 aromatic carbocycles. The lowest BCUT2D eigenvalue weighted by atomic mass is 9.98. The predicted molar refractivity (Wildman–Crippen MR) is 86.6 cm³/mol. The summed E-state index contributed by atoms with van der Waals surface area (Å²) in [6, 6.07) is 1.32. The summed E-state index contributed by atoms with van der Waals surface area (Å²) in [6.07, 6.45) is 3.44. The van der Waals surface area contributed by atoms with Crippen molar-refractivity contribution >= 4 is 11.8 Å². The minimum atomic E-state index is 0.218. The predicted octanol–water partition coefficient (Wildman–Crippen LogP) is 3.47. The number of thioether (sulfide) groups is 1. The maximum Gasteiger partial charge on any atom is 0.0183 e. The molecular weight excluding hydrogens is 240 g/mol. The lowest BCUT2D eigenvalue weighted by molar-refractivity contribution is 0.145. The summed E-state index contributed by atoms with van der Waals surface area (Å²) in [6.45, 7) is 14.8. The van der Waals surface area contributed by atoms with E-state index in [0.29, 0.717) is 18.0 Å². The molecule has 3 unspecified atom stereocenters. The van der Waals surface area contributed by atoms with E-state index in [1.165, 1.54) is 12.2 Å². The smallest absolute Gasteiger partial charge is 0.0183 e. The molecule has 0 spiro atoms. The van der Waals surface area contributed by atoms with Gasteiger partial charge in [0.2, 0.25) is 0 Å². The first kappa shape index (κ1) is 18.3. The van der Waals surface area contributed by atoms with Crippen molar-refractivity contribution < 1.29 is 0 Å². The number of nitrogens with zero attached hydrogens (tertiary/aromatic N) is 1. The van der Waals surface area contributed by atoms with Crippen LogP contribution in [0.1, 0.15) is 48.0 Å². The standard InChI is InChI=1S/C15H34N2S/c1-9-14(11-18-8)17(7)13(3)12(2)10-16-15(4,5)6/h12-14,16H,9-11H2,1-8H3. The number of rotatable bonds is 8. The highest BCUT2D eigenvalue weighted by molar-refractivity contribution is 7.98. The Morgan fingerprint density at radius 3 is 2.17 bits per heavy atom. The van der Waals surface area contributed by atoms with Crippen molar-refractivity contribution in [1.29, 1.82) is 0 Å². The van der Waals surface area contributed by atoms with Crippen LogP contribution in [0.25, 0.3) is 0 Å². The van der Waals surface area contributed by atoms with Gasteiger partial charge in [-0.25, -0.2) is 0 Å². The van der Waals surface area contributed by atoms with E-state index in [0.717, 1.165) is 6.54 Å². The molecule has 0 radical (unpaired) electrons. The van der Waals surface area contributed by atoms with Crippen LogP contribution in [0.4, 0.5) is 0 Å². The molecule has 1 N–H and O–H groups in total. The van der Waals surface area contributed by atoms with Crippen LogP contribution in [-0.2, 0) is 0 Å². The Labute approximate surface area is 119 Å². The topological polar surface area (TPSA) is 15.3 Å². The second kappa shape index (κ2) is 8.44. The maximum atomic E-state index is 3.61. The third-order valence-electron chi connectivity index (χ3n) is 3.83. The zero-order valence-electron chi connectivity index (χ0n) is 13.7. The number of hydrogen-bond donors (Lipinski definition) is 1. The molecule has 2 nitrogen and oxygen atoms in total. The highest BCUT2D eigenvalue weighted by Crippen LogP contribution is 2.17. The van der Waals surface area contributed by atoms with Gasteiger partial charge in [-0.15, -0.1) is 0 Å². The van der Waals surface area contributed by atoms with Crippen LogP contribution in [0, 0.1) is 5.92 Å². The van der Waals surface area contributed by atoms with Crippen molar-refractivity contribution in [3.8, 4) is 0 Å². The van der Waals surface area contributed by atoms with Crippen molar-refractivity contribution in [2.24, 2.45) is 5.92 Å². The number of hydrogen-bond acceptors (Lipinski definition) is 3. The summed E-state index contributed by atoms with van der Waals surface area (Å²) < 4.78 is 0. The molecule has 18 heavy (non-hydrogen) atoms. The highest BCUT2D eigenvalue weighted by Gasteiger charge is 2.23. The molecule has 3 heteroatoms. The van der Waals surface area contributed by atoms with E-state index in [1.807, 2.05) is 11.8 Å². The van der Waals surface area contributed by atoms with Gasteiger partial charge in [0.25, 0.3) is 0 Å². The summed E-state index contributed by atoms with van der Waals surface area (Å²) in [5.74, 6) is 1.90. The molecular formula is C15H34N2S. The lowest BCUT2D eigenvalue weighted by Crippen LogP contribution is -2.47. The summed E-state index contributed by atoms with van der Waals surface area (Å²) >= 11 is 1.95. The molecule has 0 amide bonds. The van der Waals surface area contributed by atoms with Gasteiger partial charge in [-0.3, -0.25) is 4.90 Å². The second-order valence-corrected chi connectivity index (χ2v) is 7.44. The van der Waals surface area contributed by atoms with Gasteiger partial charge in [0.15, 0.2) is 0 Å². The molecule has 0 aliphatic heterocycles. The normalized spacial score (nSPS) is 17.8. The molecule has 0 heterocycles. The van der Waals surface area contributed by atoms with Crippen molar-refractivity contribution in [1.82, 2.24) is 10.2 Å². The Bertz CT molecular complexity index is 213. The van der Waals surface area contributed by atoms with Gasteiger partial charge in [0.1, 0.15) is 0 Å². The Morgan fingerprint density at radius 1 is 1.22 bits per heavy atom. The first-order valence-corrected chi connectivity index (χ1v) is 8.58. The van der Waals surface area contributed by atoms with E-state index in [9.17, 15) is 0 Å². The van der Waals surface area contributed by atoms with E-state index >= 15 is 0 Å². The van der Waals surface area contributed by atoms with Crippen LogP contribution in [0.15, 0.2) is 0 Å². The number of nitrogens with one attached hydrogen (secondary N) is 1. The SMILES string of the molecule is CCC(CSC)N(C)C(C)C(C)CNC(C)(C)C. The van der Waals surface area contributed by atoms with Crippen LogP contribution in [0.5, 0.6) is 0 Å². The largest absolute Gasteiger partial charge is 0.312 e. The van der Waals surface area contributed by atoms with Crippen LogP contribution < -0.4 is 5.32 Å². The Kier molecular flexibility index (Phi) is 8.57. The molecule has 0 fully saturated rings. The van der Waals surface area contributed by atoms with Gasteiger partial charge in [-0.1, -0.05) is 13.8 Å². The van der Waals surface area contributed by atoms with Gasteiger partial charge in [-0.05, 0) is 59.9 Å². The molecule has 110 valence electrons. The Morgan fingerprint density at radius 2 is 1.78 bits per heavy atom. The summed E-state index contributed by atoms with van der Waals surface area (Å²) in [5.41, 5.74) is 0.218. The van der Waals surface area contributed by atoms with E-state index in [2.05, 4.69) is 65.1 Å². The first-order valence-electron chi connectivity index (χ1n) is 7.18. The van der Waals surface area contributed by atoms with Gasteiger partial charge in [0.05, 0.1) is 0 Å². The molecule has 0 saturated heterocycles. The minimum Gasteiger partial charge on any atom is -0.312 e. The first-order chi connectivity index (χ1) is 8.22. The zero-order chi connectivity index (χ0) is 14.3. The van der Waals surface area contributed by atoms with Crippen molar-refractivity contribution in [2.45, 2.75) is 65.6 Å². The van der Waals surface area contributed by atoms with Crippen molar-refractivity contribution in [2.75, 3.05) is 25.6 Å². The van der Waals surface area contributed by atoms with Crippen molar-refractivity contribution in [3.63, 3.8) is 0 Å². The summed E-state index contributed by atoms with van der Waals surface area (Å²) in [5, 5.41) is 3.61. The highest BCUT2D eigenvalue weighted by atomic mass is 32.2.